The molecule has 1 unspecified atom stereocenters. The summed E-state index contributed by atoms with van der Waals surface area (Å²) in [7, 11) is 0. The van der Waals surface area contributed by atoms with Crippen molar-refractivity contribution < 1.29 is 0 Å². The first-order valence-electron chi connectivity index (χ1n) is 7.34. The fourth-order valence-electron chi connectivity index (χ4n) is 2.75. The Morgan fingerprint density at radius 2 is 1.86 bits per heavy atom. The number of aryl methyl sites for hydroxylation is 1. The first-order valence-corrected chi connectivity index (χ1v) is 8.22. The molecule has 0 aliphatic heterocycles. The standard InChI is InChI=1S/C18H20N2S/c1-2-5-13-8-10-14(11-9-13)18(20-19)16-12-21-17-7-4-3-6-15(16)17/h3-4,6-12,18,20H,2,5,19H2,1H3. The normalized spacial score (nSPS) is 12.7. The number of hydrogen-bond donors (Lipinski definition) is 2. The molecule has 0 saturated carbocycles. The number of rotatable bonds is 5. The highest BCUT2D eigenvalue weighted by atomic mass is 32.1. The van der Waals surface area contributed by atoms with Crippen LogP contribution < -0.4 is 11.3 Å². The minimum atomic E-state index is 0.0387. The molecule has 21 heavy (non-hydrogen) atoms. The van der Waals surface area contributed by atoms with Crippen LogP contribution in [0.4, 0.5) is 0 Å². The van der Waals surface area contributed by atoms with Crippen molar-refractivity contribution in [2.75, 3.05) is 0 Å². The Morgan fingerprint density at radius 1 is 1.10 bits per heavy atom. The molecule has 108 valence electrons. The van der Waals surface area contributed by atoms with Crippen molar-refractivity contribution in [3.8, 4) is 0 Å². The third kappa shape index (κ3) is 2.86. The van der Waals surface area contributed by atoms with Crippen molar-refractivity contribution in [2.45, 2.75) is 25.8 Å². The Morgan fingerprint density at radius 3 is 2.57 bits per heavy atom. The molecule has 1 aromatic heterocycles. The van der Waals surface area contributed by atoms with Crippen molar-refractivity contribution in [1.29, 1.82) is 0 Å². The smallest absolute Gasteiger partial charge is 0.0724 e. The van der Waals surface area contributed by atoms with E-state index in [4.69, 9.17) is 5.84 Å². The van der Waals surface area contributed by atoms with E-state index in [9.17, 15) is 0 Å². The molecule has 2 nitrogen and oxygen atoms in total. The first-order chi connectivity index (χ1) is 10.3. The van der Waals surface area contributed by atoms with Gasteiger partial charge in [-0.2, -0.15) is 0 Å². The number of hydrazine groups is 1. The molecule has 3 rings (SSSR count). The van der Waals surface area contributed by atoms with Crippen LogP contribution in [-0.4, -0.2) is 0 Å². The zero-order valence-corrected chi connectivity index (χ0v) is 13.0. The summed E-state index contributed by atoms with van der Waals surface area (Å²) in [5.41, 5.74) is 6.81. The van der Waals surface area contributed by atoms with E-state index in [0.717, 1.165) is 6.42 Å². The number of nitrogens with one attached hydrogen (secondary N) is 1. The lowest BCUT2D eigenvalue weighted by molar-refractivity contribution is 0.642. The quantitative estimate of drug-likeness (QED) is 0.541. The molecule has 0 amide bonds. The van der Waals surface area contributed by atoms with E-state index in [1.165, 1.54) is 33.2 Å². The van der Waals surface area contributed by atoms with Crippen molar-refractivity contribution in [3.05, 3.63) is 70.6 Å². The highest BCUT2D eigenvalue weighted by Gasteiger charge is 2.16. The molecule has 0 saturated heterocycles. The maximum Gasteiger partial charge on any atom is 0.0724 e. The monoisotopic (exact) mass is 296 g/mol. The fourth-order valence-corrected chi connectivity index (χ4v) is 3.74. The molecule has 0 aliphatic carbocycles. The van der Waals surface area contributed by atoms with Gasteiger partial charge in [0.1, 0.15) is 0 Å². The molecule has 2 aromatic carbocycles. The van der Waals surface area contributed by atoms with E-state index in [1.54, 1.807) is 11.3 Å². The van der Waals surface area contributed by atoms with Crippen molar-refractivity contribution >= 4 is 21.4 Å². The molecule has 1 heterocycles. The molecule has 3 aromatic rings. The summed E-state index contributed by atoms with van der Waals surface area (Å²) >= 11 is 1.77. The summed E-state index contributed by atoms with van der Waals surface area (Å²) in [6, 6.07) is 17.3. The summed E-state index contributed by atoms with van der Waals surface area (Å²) in [5.74, 6) is 5.84. The zero-order valence-electron chi connectivity index (χ0n) is 12.2. The van der Waals surface area contributed by atoms with Crippen LogP contribution in [-0.2, 0) is 6.42 Å². The van der Waals surface area contributed by atoms with Crippen molar-refractivity contribution in [1.82, 2.24) is 5.43 Å². The van der Waals surface area contributed by atoms with Crippen molar-refractivity contribution in [2.24, 2.45) is 5.84 Å². The molecule has 0 bridgehead atoms. The Bertz CT molecular complexity index is 715. The topological polar surface area (TPSA) is 38.0 Å². The lowest BCUT2D eigenvalue weighted by Gasteiger charge is -2.16. The first kappa shape index (κ1) is 14.3. The maximum atomic E-state index is 5.84. The minimum Gasteiger partial charge on any atom is -0.271 e. The Labute approximate surface area is 129 Å². The average Bonchev–Trinajstić information content (AvgIpc) is 2.94. The van der Waals surface area contributed by atoms with Crippen LogP contribution in [0.25, 0.3) is 10.1 Å². The SMILES string of the molecule is CCCc1ccc(C(NN)c2csc3ccccc23)cc1. The molecular weight excluding hydrogens is 276 g/mol. The highest BCUT2D eigenvalue weighted by Crippen LogP contribution is 2.33. The second-order valence-corrected chi connectivity index (χ2v) is 6.19. The summed E-state index contributed by atoms with van der Waals surface area (Å²) in [6.07, 6.45) is 2.30. The van der Waals surface area contributed by atoms with E-state index in [1.807, 2.05) is 0 Å². The maximum absolute atomic E-state index is 5.84. The van der Waals surface area contributed by atoms with Crippen LogP contribution in [0.3, 0.4) is 0 Å². The Balaban J connectivity index is 1.97. The van der Waals surface area contributed by atoms with Crippen LogP contribution in [0.1, 0.15) is 36.1 Å². The largest absolute Gasteiger partial charge is 0.271 e. The molecule has 3 N–H and O–H groups in total. The van der Waals surface area contributed by atoms with Gasteiger partial charge < -0.3 is 0 Å². The fraction of sp³-hybridized carbons (Fsp3) is 0.222. The van der Waals surface area contributed by atoms with Crippen molar-refractivity contribution in [3.63, 3.8) is 0 Å². The average molecular weight is 296 g/mol. The Kier molecular flexibility index (Phi) is 4.34. The zero-order chi connectivity index (χ0) is 14.7. The van der Waals surface area contributed by atoms with Gasteiger partial charge >= 0.3 is 0 Å². The summed E-state index contributed by atoms with van der Waals surface area (Å²) in [5, 5.41) is 3.48. The molecule has 1 atom stereocenters. The molecule has 0 fully saturated rings. The van der Waals surface area contributed by atoms with Gasteiger partial charge in [0.15, 0.2) is 0 Å². The van der Waals surface area contributed by atoms with Gasteiger partial charge in [0.25, 0.3) is 0 Å². The third-order valence-corrected chi connectivity index (χ3v) is 4.82. The predicted octanol–water partition coefficient (Wildman–Crippen LogP) is 4.41. The Hall–Kier alpha value is -1.68. The van der Waals surface area contributed by atoms with Crippen LogP contribution in [0.15, 0.2) is 53.9 Å². The van der Waals surface area contributed by atoms with Gasteiger partial charge in [0.2, 0.25) is 0 Å². The van der Waals surface area contributed by atoms with Gasteiger partial charge in [-0.05, 0) is 39.9 Å². The number of hydrogen-bond acceptors (Lipinski definition) is 3. The van der Waals surface area contributed by atoms with Crippen LogP contribution in [0.2, 0.25) is 0 Å². The van der Waals surface area contributed by atoms with Gasteiger partial charge in [-0.15, -0.1) is 11.3 Å². The molecule has 0 spiro atoms. The summed E-state index contributed by atoms with van der Waals surface area (Å²) in [6.45, 7) is 2.20. The second-order valence-electron chi connectivity index (χ2n) is 5.28. The van der Waals surface area contributed by atoms with E-state index >= 15 is 0 Å². The molecule has 3 heteroatoms. The third-order valence-electron chi connectivity index (χ3n) is 3.84. The molecule has 0 radical (unpaired) electrons. The highest BCUT2D eigenvalue weighted by molar-refractivity contribution is 7.17. The molecular formula is C18H20N2S. The number of benzene rings is 2. The van der Waals surface area contributed by atoms with Gasteiger partial charge in [-0.25, -0.2) is 5.43 Å². The lowest BCUT2D eigenvalue weighted by atomic mass is 9.97. The minimum absolute atomic E-state index is 0.0387. The number of thiophene rings is 1. The van der Waals surface area contributed by atoms with E-state index in [0.29, 0.717) is 0 Å². The van der Waals surface area contributed by atoms with Crippen LogP contribution in [0, 0.1) is 0 Å². The lowest BCUT2D eigenvalue weighted by Crippen LogP contribution is -2.28. The number of nitrogens with two attached hydrogens (primary N) is 1. The summed E-state index contributed by atoms with van der Waals surface area (Å²) in [4.78, 5) is 0. The van der Waals surface area contributed by atoms with Gasteiger partial charge in [0.05, 0.1) is 6.04 Å². The van der Waals surface area contributed by atoms with Crippen LogP contribution in [0.5, 0.6) is 0 Å². The van der Waals surface area contributed by atoms with E-state index in [-0.39, 0.29) is 6.04 Å². The molecule has 0 aliphatic rings. The number of fused-ring (bicyclic) bond motifs is 1. The summed E-state index contributed by atoms with van der Waals surface area (Å²) < 4.78 is 1.30. The van der Waals surface area contributed by atoms with E-state index in [2.05, 4.69) is 66.3 Å². The van der Waals surface area contributed by atoms with Gasteiger partial charge in [0, 0.05) is 4.70 Å². The van der Waals surface area contributed by atoms with Crippen LogP contribution >= 0.6 is 11.3 Å². The van der Waals surface area contributed by atoms with Gasteiger partial charge in [-0.3, -0.25) is 5.84 Å². The van der Waals surface area contributed by atoms with Gasteiger partial charge in [-0.1, -0.05) is 55.8 Å². The second kappa shape index (κ2) is 6.39. The predicted molar refractivity (Wildman–Crippen MR) is 91.4 cm³/mol. The van der Waals surface area contributed by atoms with E-state index < -0.39 is 0 Å².